The minimum atomic E-state index is -0.424. The standard InChI is InChI=1S/C20H25N3O4S/c1-13-17(14(2)23-20(22-13)28-4)9-10-19(25)27-12-18(24)21-11-15-5-7-16(26-3)8-6-15/h5-8H,9-12H2,1-4H3,(H,21,24). The molecule has 8 heteroatoms. The average Bonchev–Trinajstić information content (AvgIpc) is 2.70. The van der Waals surface area contributed by atoms with E-state index in [0.717, 1.165) is 33.4 Å². The van der Waals surface area contributed by atoms with Crippen LogP contribution in [-0.2, 0) is 27.3 Å². The second-order valence-electron chi connectivity index (χ2n) is 6.15. The quantitative estimate of drug-likeness (QED) is 0.391. The summed E-state index contributed by atoms with van der Waals surface area (Å²) >= 11 is 1.48. The summed E-state index contributed by atoms with van der Waals surface area (Å²) in [5, 5.41) is 3.43. The Morgan fingerprint density at radius 1 is 1.11 bits per heavy atom. The van der Waals surface area contributed by atoms with Crippen LogP contribution >= 0.6 is 11.8 Å². The van der Waals surface area contributed by atoms with Gasteiger partial charge in [0.05, 0.1) is 7.11 Å². The maximum Gasteiger partial charge on any atom is 0.306 e. The normalized spacial score (nSPS) is 10.4. The minimum Gasteiger partial charge on any atom is -0.497 e. The summed E-state index contributed by atoms with van der Waals surface area (Å²) in [6.07, 6.45) is 2.58. The van der Waals surface area contributed by atoms with Crippen LogP contribution in [0.15, 0.2) is 29.4 Å². The number of amides is 1. The van der Waals surface area contributed by atoms with Crippen molar-refractivity contribution in [3.8, 4) is 5.75 Å². The summed E-state index contributed by atoms with van der Waals surface area (Å²) in [6, 6.07) is 7.36. The van der Waals surface area contributed by atoms with Crippen LogP contribution in [0.1, 0.15) is 28.9 Å². The molecule has 1 aromatic carbocycles. The number of esters is 1. The van der Waals surface area contributed by atoms with Crippen LogP contribution in [0.2, 0.25) is 0 Å². The molecular formula is C20H25N3O4S. The molecule has 0 radical (unpaired) electrons. The van der Waals surface area contributed by atoms with Crippen molar-refractivity contribution in [3.05, 3.63) is 46.8 Å². The monoisotopic (exact) mass is 403 g/mol. The molecule has 1 N–H and O–H groups in total. The maximum atomic E-state index is 12.0. The van der Waals surface area contributed by atoms with E-state index in [1.165, 1.54) is 11.8 Å². The molecule has 2 rings (SSSR count). The number of benzene rings is 1. The highest BCUT2D eigenvalue weighted by Crippen LogP contribution is 2.17. The van der Waals surface area contributed by atoms with E-state index in [4.69, 9.17) is 9.47 Å². The van der Waals surface area contributed by atoms with Gasteiger partial charge in [-0.15, -0.1) is 0 Å². The lowest BCUT2D eigenvalue weighted by molar-refractivity contribution is -0.148. The number of hydrogen-bond donors (Lipinski definition) is 1. The van der Waals surface area contributed by atoms with Gasteiger partial charge in [0.15, 0.2) is 11.8 Å². The Labute approximate surface area is 169 Å². The highest BCUT2D eigenvalue weighted by molar-refractivity contribution is 7.98. The molecule has 0 aliphatic heterocycles. The largest absolute Gasteiger partial charge is 0.497 e. The van der Waals surface area contributed by atoms with E-state index in [0.29, 0.717) is 13.0 Å². The van der Waals surface area contributed by atoms with Gasteiger partial charge >= 0.3 is 5.97 Å². The first-order valence-corrected chi connectivity index (χ1v) is 10.1. The van der Waals surface area contributed by atoms with Crippen LogP contribution in [0.3, 0.4) is 0 Å². The first-order valence-electron chi connectivity index (χ1n) is 8.86. The van der Waals surface area contributed by atoms with E-state index in [-0.39, 0.29) is 18.9 Å². The third-order valence-corrected chi connectivity index (χ3v) is 4.72. The summed E-state index contributed by atoms with van der Waals surface area (Å²) in [6.45, 7) is 3.87. The Hall–Kier alpha value is -2.61. The molecule has 0 unspecified atom stereocenters. The van der Waals surface area contributed by atoms with E-state index < -0.39 is 5.97 Å². The Kier molecular flexibility index (Phi) is 8.25. The van der Waals surface area contributed by atoms with Crippen molar-refractivity contribution in [3.63, 3.8) is 0 Å². The van der Waals surface area contributed by atoms with Gasteiger partial charge in [-0.05, 0) is 49.8 Å². The molecule has 0 aliphatic rings. The average molecular weight is 404 g/mol. The SMILES string of the molecule is COc1ccc(CNC(=O)COC(=O)CCc2c(C)nc(SC)nc2C)cc1. The van der Waals surface area contributed by atoms with Gasteiger partial charge in [0.2, 0.25) is 0 Å². The van der Waals surface area contributed by atoms with Crippen molar-refractivity contribution in [2.45, 2.75) is 38.4 Å². The molecular weight excluding hydrogens is 378 g/mol. The lowest BCUT2D eigenvalue weighted by Crippen LogP contribution is -2.28. The fraction of sp³-hybridized carbons (Fsp3) is 0.400. The van der Waals surface area contributed by atoms with Gasteiger partial charge in [-0.1, -0.05) is 23.9 Å². The van der Waals surface area contributed by atoms with Crippen molar-refractivity contribution < 1.29 is 19.1 Å². The molecule has 2 aromatic rings. The van der Waals surface area contributed by atoms with Crippen LogP contribution in [-0.4, -0.2) is 41.8 Å². The number of rotatable bonds is 9. The van der Waals surface area contributed by atoms with Gasteiger partial charge in [-0.3, -0.25) is 9.59 Å². The molecule has 1 amide bonds. The zero-order chi connectivity index (χ0) is 20.5. The van der Waals surface area contributed by atoms with Gasteiger partial charge < -0.3 is 14.8 Å². The Morgan fingerprint density at radius 3 is 2.32 bits per heavy atom. The Morgan fingerprint density at radius 2 is 1.75 bits per heavy atom. The number of carbonyl (C=O) groups is 2. The Balaban J connectivity index is 1.73. The summed E-state index contributed by atoms with van der Waals surface area (Å²) in [4.78, 5) is 32.6. The second kappa shape index (κ2) is 10.7. The molecule has 0 fully saturated rings. The van der Waals surface area contributed by atoms with Gasteiger partial charge in [-0.25, -0.2) is 9.97 Å². The van der Waals surface area contributed by atoms with Crippen molar-refractivity contribution in [1.29, 1.82) is 0 Å². The van der Waals surface area contributed by atoms with E-state index in [9.17, 15) is 9.59 Å². The molecule has 1 heterocycles. The number of aromatic nitrogens is 2. The van der Waals surface area contributed by atoms with Gasteiger partial charge in [0, 0.05) is 24.4 Å². The Bertz CT molecular complexity index is 802. The summed E-state index contributed by atoms with van der Waals surface area (Å²) in [5.41, 5.74) is 3.60. The first-order chi connectivity index (χ1) is 13.4. The van der Waals surface area contributed by atoms with Crippen LogP contribution in [0.25, 0.3) is 0 Å². The molecule has 0 saturated heterocycles. The van der Waals surface area contributed by atoms with Gasteiger partial charge in [-0.2, -0.15) is 0 Å². The second-order valence-corrected chi connectivity index (χ2v) is 6.92. The first kappa shape index (κ1) is 21.7. The van der Waals surface area contributed by atoms with Crippen LogP contribution < -0.4 is 10.1 Å². The molecule has 150 valence electrons. The minimum absolute atomic E-state index is 0.176. The molecule has 1 aromatic heterocycles. The van der Waals surface area contributed by atoms with E-state index >= 15 is 0 Å². The summed E-state index contributed by atoms with van der Waals surface area (Å²) in [7, 11) is 1.60. The van der Waals surface area contributed by atoms with Crippen molar-refractivity contribution in [1.82, 2.24) is 15.3 Å². The number of nitrogens with one attached hydrogen (secondary N) is 1. The zero-order valence-corrected chi connectivity index (χ0v) is 17.4. The topological polar surface area (TPSA) is 90.4 Å². The van der Waals surface area contributed by atoms with E-state index in [2.05, 4.69) is 15.3 Å². The highest BCUT2D eigenvalue weighted by atomic mass is 32.2. The number of ether oxygens (including phenoxy) is 2. The van der Waals surface area contributed by atoms with Crippen molar-refractivity contribution >= 4 is 23.6 Å². The number of nitrogens with zero attached hydrogens (tertiary/aromatic N) is 2. The van der Waals surface area contributed by atoms with Gasteiger partial charge in [0.25, 0.3) is 5.91 Å². The lowest BCUT2D eigenvalue weighted by atomic mass is 10.1. The maximum absolute atomic E-state index is 12.0. The smallest absolute Gasteiger partial charge is 0.306 e. The molecule has 0 aliphatic carbocycles. The van der Waals surface area contributed by atoms with Crippen LogP contribution in [0, 0.1) is 13.8 Å². The third kappa shape index (κ3) is 6.53. The van der Waals surface area contributed by atoms with Crippen LogP contribution in [0.4, 0.5) is 0 Å². The number of carbonyl (C=O) groups excluding carboxylic acids is 2. The van der Waals surface area contributed by atoms with Crippen molar-refractivity contribution in [2.75, 3.05) is 20.0 Å². The molecule has 28 heavy (non-hydrogen) atoms. The fourth-order valence-electron chi connectivity index (χ4n) is 2.60. The zero-order valence-electron chi connectivity index (χ0n) is 16.6. The van der Waals surface area contributed by atoms with Crippen LogP contribution in [0.5, 0.6) is 5.75 Å². The molecule has 7 nitrogen and oxygen atoms in total. The lowest BCUT2D eigenvalue weighted by Gasteiger charge is -2.10. The predicted molar refractivity (Wildman–Crippen MR) is 107 cm³/mol. The molecule has 0 spiro atoms. The fourth-order valence-corrected chi connectivity index (χ4v) is 3.06. The van der Waals surface area contributed by atoms with Crippen molar-refractivity contribution in [2.24, 2.45) is 0 Å². The predicted octanol–water partition coefficient (Wildman–Crippen LogP) is 2.62. The molecule has 0 atom stereocenters. The number of methoxy groups -OCH3 is 1. The highest BCUT2D eigenvalue weighted by Gasteiger charge is 2.12. The summed E-state index contributed by atoms with van der Waals surface area (Å²) in [5.74, 6) is -0.0144. The summed E-state index contributed by atoms with van der Waals surface area (Å²) < 4.78 is 10.1. The molecule has 0 saturated carbocycles. The number of thioether (sulfide) groups is 1. The number of aryl methyl sites for hydroxylation is 2. The van der Waals surface area contributed by atoms with E-state index in [1.807, 2.05) is 44.4 Å². The molecule has 0 bridgehead atoms. The number of hydrogen-bond acceptors (Lipinski definition) is 7. The van der Waals surface area contributed by atoms with E-state index in [1.54, 1.807) is 7.11 Å². The third-order valence-electron chi connectivity index (χ3n) is 4.17. The van der Waals surface area contributed by atoms with Gasteiger partial charge in [0.1, 0.15) is 5.75 Å².